The molecule has 5 heteroatoms. The van der Waals surface area contributed by atoms with E-state index in [1.54, 1.807) is 14.0 Å². The first-order chi connectivity index (χ1) is 9.67. The molecule has 0 bridgehead atoms. The molecular weight excluding hydrogens is 256 g/mol. The Kier molecular flexibility index (Phi) is 7.69. The predicted octanol–water partition coefficient (Wildman–Crippen LogP) is 1.33. The summed E-state index contributed by atoms with van der Waals surface area (Å²) in [6, 6.07) is 7.62. The molecule has 1 amide bonds. The molecule has 0 radical (unpaired) electrons. The summed E-state index contributed by atoms with van der Waals surface area (Å²) in [7, 11) is 1.63. The summed E-state index contributed by atoms with van der Waals surface area (Å²) in [6.45, 7) is 6.45. The third-order valence-electron chi connectivity index (χ3n) is 2.85. The van der Waals surface area contributed by atoms with Crippen LogP contribution in [0, 0.1) is 0 Å². The molecular formula is C15H24N2O3. The van der Waals surface area contributed by atoms with Crippen LogP contribution in [0.4, 0.5) is 0 Å². The van der Waals surface area contributed by atoms with Crippen molar-refractivity contribution in [2.45, 2.75) is 26.6 Å². The smallest absolute Gasteiger partial charge is 0.248 e. The molecule has 1 atom stereocenters. The van der Waals surface area contributed by atoms with Gasteiger partial charge in [-0.05, 0) is 31.2 Å². The highest BCUT2D eigenvalue weighted by molar-refractivity contribution is 5.80. The van der Waals surface area contributed by atoms with E-state index < -0.39 is 6.10 Å². The summed E-state index contributed by atoms with van der Waals surface area (Å²) in [5, 5.41) is 5.97. The summed E-state index contributed by atoms with van der Waals surface area (Å²) in [6.07, 6.45) is -0.470. The monoisotopic (exact) mass is 280 g/mol. The van der Waals surface area contributed by atoms with Gasteiger partial charge in [-0.3, -0.25) is 4.79 Å². The lowest BCUT2D eigenvalue weighted by atomic mass is 10.2. The molecule has 1 unspecified atom stereocenters. The first-order valence-corrected chi connectivity index (χ1v) is 6.90. The third-order valence-corrected chi connectivity index (χ3v) is 2.85. The molecule has 0 fully saturated rings. The van der Waals surface area contributed by atoms with Gasteiger partial charge in [0.25, 0.3) is 0 Å². The number of hydrogen-bond donors (Lipinski definition) is 2. The van der Waals surface area contributed by atoms with Crippen molar-refractivity contribution in [2.24, 2.45) is 0 Å². The van der Waals surface area contributed by atoms with E-state index in [2.05, 4.69) is 10.6 Å². The summed E-state index contributed by atoms with van der Waals surface area (Å²) >= 11 is 0. The number of likely N-dealkylation sites (N-methyl/N-ethyl adjacent to an activating group) is 1. The Bertz CT molecular complexity index is 410. The number of amides is 1. The Morgan fingerprint density at radius 2 is 2.15 bits per heavy atom. The fourth-order valence-electron chi connectivity index (χ4n) is 1.65. The van der Waals surface area contributed by atoms with E-state index in [0.717, 1.165) is 24.4 Å². The summed E-state index contributed by atoms with van der Waals surface area (Å²) < 4.78 is 10.7. The highest BCUT2D eigenvalue weighted by Gasteiger charge is 2.12. The van der Waals surface area contributed by atoms with Crippen LogP contribution in [-0.4, -0.2) is 38.8 Å². The molecule has 0 aliphatic rings. The SMILES string of the molecule is CCNCCNC(=O)C(C)OCc1cccc(OC)c1. The maximum absolute atomic E-state index is 11.8. The van der Waals surface area contributed by atoms with Crippen molar-refractivity contribution in [1.29, 1.82) is 0 Å². The van der Waals surface area contributed by atoms with Crippen molar-refractivity contribution in [2.75, 3.05) is 26.7 Å². The zero-order valence-corrected chi connectivity index (χ0v) is 12.4. The lowest BCUT2D eigenvalue weighted by Gasteiger charge is -2.14. The van der Waals surface area contributed by atoms with E-state index >= 15 is 0 Å². The van der Waals surface area contributed by atoms with Crippen molar-refractivity contribution in [3.63, 3.8) is 0 Å². The molecule has 0 aromatic heterocycles. The number of hydrogen-bond acceptors (Lipinski definition) is 4. The Morgan fingerprint density at radius 1 is 1.35 bits per heavy atom. The highest BCUT2D eigenvalue weighted by Crippen LogP contribution is 2.13. The third kappa shape index (κ3) is 6.04. The number of carbonyl (C=O) groups excluding carboxylic acids is 1. The zero-order valence-electron chi connectivity index (χ0n) is 12.4. The van der Waals surface area contributed by atoms with Gasteiger partial charge < -0.3 is 20.1 Å². The molecule has 0 saturated heterocycles. The maximum Gasteiger partial charge on any atom is 0.248 e. The number of nitrogens with one attached hydrogen (secondary N) is 2. The van der Waals surface area contributed by atoms with E-state index in [4.69, 9.17) is 9.47 Å². The highest BCUT2D eigenvalue weighted by atomic mass is 16.5. The van der Waals surface area contributed by atoms with Crippen LogP contribution < -0.4 is 15.4 Å². The molecule has 1 rings (SSSR count). The van der Waals surface area contributed by atoms with E-state index in [-0.39, 0.29) is 5.91 Å². The number of benzene rings is 1. The lowest BCUT2D eigenvalue weighted by molar-refractivity contribution is -0.132. The fraction of sp³-hybridized carbons (Fsp3) is 0.533. The van der Waals surface area contributed by atoms with E-state index in [1.807, 2.05) is 31.2 Å². The van der Waals surface area contributed by atoms with Crippen molar-refractivity contribution < 1.29 is 14.3 Å². The molecule has 5 nitrogen and oxygen atoms in total. The Balaban J connectivity index is 2.30. The maximum atomic E-state index is 11.8. The quantitative estimate of drug-likeness (QED) is 0.670. The minimum atomic E-state index is -0.470. The normalized spacial score (nSPS) is 11.9. The zero-order chi connectivity index (χ0) is 14.8. The number of carbonyl (C=O) groups is 1. The van der Waals surface area contributed by atoms with Gasteiger partial charge in [0, 0.05) is 13.1 Å². The van der Waals surface area contributed by atoms with Gasteiger partial charge in [0.2, 0.25) is 5.91 Å². The molecule has 112 valence electrons. The second kappa shape index (κ2) is 9.34. The van der Waals surface area contributed by atoms with Crippen molar-refractivity contribution in [3.05, 3.63) is 29.8 Å². The number of rotatable bonds is 9. The Hall–Kier alpha value is -1.59. The number of methoxy groups -OCH3 is 1. The van der Waals surface area contributed by atoms with Crippen molar-refractivity contribution in [3.8, 4) is 5.75 Å². The van der Waals surface area contributed by atoms with E-state index in [0.29, 0.717) is 13.2 Å². The van der Waals surface area contributed by atoms with Crippen LogP contribution in [0.1, 0.15) is 19.4 Å². The lowest BCUT2D eigenvalue weighted by Crippen LogP contribution is -2.38. The van der Waals surface area contributed by atoms with Gasteiger partial charge in [-0.1, -0.05) is 19.1 Å². The van der Waals surface area contributed by atoms with Gasteiger partial charge in [0.15, 0.2) is 0 Å². The fourth-order valence-corrected chi connectivity index (χ4v) is 1.65. The molecule has 0 heterocycles. The topological polar surface area (TPSA) is 59.6 Å². The second-order valence-electron chi connectivity index (χ2n) is 4.45. The summed E-state index contributed by atoms with van der Waals surface area (Å²) in [4.78, 5) is 11.8. The molecule has 1 aromatic rings. The minimum absolute atomic E-state index is 0.0919. The van der Waals surface area contributed by atoms with Gasteiger partial charge in [-0.25, -0.2) is 0 Å². The molecule has 2 N–H and O–H groups in total. The average Bonchev–Trinajstić information content (AvgIpc) is 2.49. The van der Waals surface area contributed by atoms with Crippen molar-refractivity contribution in [1.82, 2.24) is 10.6 Å². The molecule has 0 aliphatic heterocycles. The van der Waals surface area contributed by atoms with Gasteiger partial charge in [-0.15, -0.1) is 0 Å². The van der Waals surface area contributed by atoms with E-state index in [9.17, 15) is 4.79 Å². The molecule has 0 saturated carbocycles. The van der Waals surface area contributed by atoms with Crippen LogP contribution in [0.15, 0.2) is 24.3 Å². The van der Waals surface area contributed by atoms with Gasteiger partial charge in [0.05, 0.1) is 13.7 Å². The first kappa shape index (κ1) is 16.5. The van der Waals surface area contributed by atoms with Gasteiger partial charge in [0.1, 0.15) is 11.9 Å². The number of ether oxygens (including phenoxy) is 2. The molecule has 0 spiro atoms. The van der Waals surface area contributed by atoms with Crippen molar-refractivity contribution >= 4 is 5.91 Å². The predicted molar refractivity (Wildman–Crippen MR) is 78.8 cm³/mol. The van der Waals surface area contributed by atoms with Crippen LogP contribution in [0.5, 0.6) is 5.75 Å². The van der Waals surface area contributed by atoms with Crippen LogP contribution >= 0.6 is 0 Å². The van der Waals surface area contributed by atoms with Crippen LogP contribution in [0.2, 0.25) is 0 Å². The van der Waals surface area contributed by atoms with Gasteiger partial charge >= 0.3 is 0 Å². The molecule has 20 heavy (non-hydrogen) atoms. The first-order valence-electron chi connectivity index (χ1n) is 6.90. The van der Waals surface area contributed by atoms with Crippen LogP contribution in [-0.2, 0) is 16.1 Å². The van der Waals surface area contributed by atoms with Gasteiger partial charge in [-0.2, -0.15) is 0 Å². The largest absolute Gasteiger partial charge is 0.497 e. The average molecular weight is 280 g/mol. The Labute approximate surface area is 120 Å². The summed E-state index contributed by atoms with van der Waals surface area (Å²) in [5.74, 6) is 0.694. The molecule has 1 aromatic carbocycles. The standard InChI is InChI=1S/C15H24N2O3/c1-4-16-8-9-17-15(18)12(2)20-11-13-6-5-7-14(10-13)19-3/h5-7,10,12,16H,4,8-9,11H2,1-3H3,(H,17,18). The summed E-state index contributed by atoms with van der Waals surface area (Å²) in [5.41, 5.74) is 0.983. The van der Waals surface area contributed by atoms with E-state index in [1.165, 1.54) is 0 Å². The minimum Gasteiger partial charge on any atom is -0.497 e. The van der Waals surface area contributed by atoms with Crippen LogP contribution in [0.25, 0.3) is 0 Å². The Morgan fingerprint density at radius 3 is 2.85 bits per heavy atom. The van der Waals surface area contributed by atoms with Crippen LogP contribution in [0.3, 0.4) is 0 Å². The molecule has 0 aliphatic carbocycles. The second-order valence-corrected chi connectivity index (χ2v) is 4.45.